The van der Waals surface area contributed by atoms with Crippen molar-refractivity contribution < 1.29 is 0 Å². The van der Waals surface area contributed by atoms with E-state index in [4.69, 9.17) is 0 Å². The molecular formula is C12H21N3. The molecule has 3 nitrogen and oxygen atoms in total. The number of nitrogens with one attached hydrogen (secondary N) is 1. The lowest BCUT2D eigenvalue weighted by atomic mass is 10.3. The lowest BCUT2D eigenvalue weighted by Crippen LogP contribution is -1.85. The van der Waals surface area contributed by atoms with Gasteiger partial charge in [0.1, 0.15) is 0 Å². The zero-order valence-electron chi connectivity index (χ0n) is 10.3. The molecule has 15 heavy (non-hydrogen) atoms. The SMILES string of the molecule is CC.CC.CCc1ccc2[nH]cnc2n1. The Bertz CT molecular complexity index is 366. The van der Waals surface area contributed by atoms with Gasteiger partial charge in [0.05, 0.1) is 11.8 Å². The Morgan fingerprint density at radius 1 is 1.13 bits per heavy atom. The minimum Gasteiger partial charge on any atom is -0.343 e. The Balaban J connectivity index is 0.000000442. The largest absolute Gasteiger partial charge is 0.343 e. The summed E-state index contributed by atoms with van der Waals surface area (Å²) in [6.45, 7) is 10.1. The maximum absolute atomic E-state index is 4.31. The lowest BCUT2D eigenvalue weighted by molar-refractivity contribution is 1.05. The first-order valence-corrected chi connectivity index (χ1v) is 5.69. The van der Waals surface area contributed by atoms with E-state index in [1.165, 1.54) is 0 Å². The topological polar surface area (TPSA) is 41.6 Å². The van der Waals surface area contributed by atoms with Crippen LogP contribution in [0.5, 0.6) is 0 Å². The summed E-state index contributed by atoms with van der Waals surface area (Å²) < 4.78 is 0. The first-order chi connectivity index (χ1) is 7.40. The van der Waals surface area contributed by atoms with Gasteiger partial charge in [-0.3, -0.25) is 0 Å². The minimum absolute atomic E-state index is 0.810. The molecular weight excluding hydrogens is 186 g/mol. The molecule has 2 aromatic rings. The highest BCUT2D eigenvalue weighted by molar-refractivity contribution is 5.69. The van der Waals surface area contributed by atoms with Crippen molar-refractivity contribution in [3.8, 4) is 0 Å². The highest BCUT2D eigenvalue weighted by Gasteiger charge is 1.96. The molecule has 0 radical (unpaired) electrons. The van der Waals surface area contributed by atoms with Crippen molar-refractivity contribution in [2.45, 2.75) is 41.0 Å². The van der Waals surface area contributed by atoms with E-state index in [1.54, 1.807) is 6.33 Å². The quantitative estimate of drug-likeness (QED) is 0.776. The van der Waals surface area contributed by atoms with E-state index in [2.05, 4.69) is 21.9 Å². The molecule has 0 amide bonds. The Labute approximate surface area is 92.0 Å². The number of aromatic nitrogens is 3. The van der Waals surface area contributed by atoms with Crippen molar-refractivity contribution in [1.82, 2.24) is 15.0 Å². The molecule has 3 heteroatoms. The fourth-order valence-corrected chi connectivity index (χ4v) is 1.06. The second-order valence-electron chi connectivity index (χ2n) is 2.43. The highest BCUT2D eigenvalue weighted by atomic mass is 14.9. The molecule has 0 aliphatic carbocycles. The lowest BCUT2D eigenvalue weighted by Gasteiger charge is -1.92. The number of nitrogens with zero attached hydrogens (tertiary/aromatic N) is 2. The number of fused-ring (bicyclic) bond motifs is 1. The summed E-state index contributed by atoms with van der Waals surface area (Å²) in [5, 5.41) is 0. The van der Waals surface area contributed by atoms with E-state index in [-0.39, 0.29) is 0 Å². The minimum atomic E-state index is 0.810. The standard InChI is InChI=1S/C8H9N3.2C2H6/c1-2-6-3-4-7-8(11-6)10-5-9-7;2*1-2/h3-5H,2H2,1H3,(H,9,10,11);2*1-2H3. The molecule has 0 aliphatic rings. The predicted octanol–water partition coefficient (Wildman–Crippen LogP) is 3.57. The zero-order chi connectivity index (χ0) is 11.7. The van der Waals surface area contributed by atoms with E-state index in [1.807, 2.05) is 39.8 Å². The van der Waals surface area contributed by atoms with Gasteiger partial charge in [0, 0.05) is 5.69 Å². The van der Waals surface area contributed by atoms with E-state index in [9.17, 15) is 0 Å². The normalized spacial score (nSPS) is 8.60. The molecule has 0 saturated heterocycles. The molecule has 0 unspecified atom stereocenters. The number of aromatic amines is 1. The molecule has 0 aromatic carbocycles. The number of H-pyrrole nitrogens is 1. The fraction of sp³-hybridized carbons (Fsp3) is 0.500. The van der Waals surface area contributed by atoms with Gasteiger partial charge < -0.3 is 4.98 Å². The van der Waals surface area contributed by atoms with Gasteiger partial charge in [-0.25, -0.2) is 9.97 Å². The second kappa shape index (κ2) is 7.97. The maximum atomic E-state index is 4.31. The van der Waals surface area contributed by atoms with Gasteiger partial charge in [-0.15, -0.1) is 0 Å². The third kappa shape index (κ3) is 3.70. The number of hydrogen-bond acceptors (Lipinski definition) is 2. The molecule has 2 heterocycles. The maximum Gasteiger partial charge on any atom is 0.177 e. The molecule has 0 spiro atoms. The number of hydrogen-bond donors (Lipinski definition) is 1. The Kier molecular flexibility index (Phi) is 7.24. The molecule has 0 bridgehead atoms. The van der Waals surface area contributed by atoms with Crippen molar-refractivity contribution in [2.75, 3.05) is 0 Å². The van der Waals surface area contributed by atoms with Crippen LogP contribution in [0, 0.1) is 0 Å². The van der Waals surface area contributed by atoms with Crippen molar-refractivity contribution >= 4 is 11.2 Å². The molecule has 0 fully saturated rings. The van der Waals surface area contributed by atoms with Gasteiger partial charge in [0.25, 0.3) is 0 Å². The van der Waals surface area contributed by atoms with Gasteiger partial charge in [0.2, 0.25) is 0 Å². The van der Waals surface area contributed by atoms with Gasteiger partial charge in [-0.1, -0.05) is 34.6 Å². The van der Waals surface area contributed by atoms with Crippen molar-refractivity contribution in [3.05, 3.63) is 24.2 Å². The summed E-state index contributed by atoms with van der Waals surface area (Å²) in [7, 11) is 0. The third-order valence-electron chi connectivity index (χ3n) is 1.70. The number of rotatable bonds is 1. The van der Waals surface area contributed by atoms with Crippen LogP contribution < -0.4 is 0 Å². The first-order valence-electron chi connectivity index (χ1n) is 5.69. The molecule has 2 aromatic heterocycles. The van der Waals surface area contributed by atoms with E-state index < -0.39 is 0 Å². The molecule has 2 rings (SSSR count). The Morgan fingerprint density at radius 2 is 1.80 bits per heavy atom. The molecule has 0 atom stereocenters. The molecule has 84 valence electrons. The number of aryl methyl sites for hydroxylation is 1. The van der Waals surface area contributed by atoms with E-state index >= 15 is 0 Å². The van der Waals surface area contributed by atoms with Crippen LogP contribution >= 0.6 is 0 Å². The summed E-state index contributed by atoms with van der Waals surface area (Å²) in [6.07, 6.45) is 2.62. The van der Waals surface area contributed by atoms with Crippen molar-refractivity contribution in [1.29, 1.82) is 0 Å². The second-order valence-corrected chi connectivity index (χ2v) is 2.43. The smallest absolute Gasteiger partial charge is 0.177 e. The van der Waals surface area contributed by atoms with Gasteiger partial charge in [-0.05, 0) is 18.6 Å². The van der Waals surface area contributed by atoms with Crippen LogP contribution in [0.2, 0.25) is 0 Å². The summed E-state index contributed by atoms with van der Waals surface area (Å²) in [4.78, 5) is 11.4. The van der Waals surface area contributed by atoms with Crippen LogP contribution in [0.15, 0.2) is 18.5 Å². The molecule has 1 N–H and O–H groups in total. The van der Waals surface area contributed by atoms with Crippen molar-refractivity contribution in [3.63, 3.8) is 0 Å². The summed E-state index contributed by atoms with van der Waals surface area (Å²) in [6, 6.07) is 4.02. The van der Waals surface area contributed by atoms with E-state index in [0.29, 0.717) is 0 Å². The average molecular weight is 207 g/mol. The van der Waals surface area contributed by atoms with Crippen LogP contribution in [0.25, 0.3) is 11.2 Å². The van der Waals surface area contributed by atoms with Gasteiger partial charge >= 0.3 is 0 Å². The third-order valence-corrected chi connectivity index (χ3v) is 1.70. The molecule has 0 saturated carbocycles. The Hall–Kier alpha value is -1.38. The number of pyridine rings is 1. The van der Waals surface area contributed by atoms with Crippen LogP contribution in [-0.2, 0) is 6.42 Å². The van der Waals surface area contributed by atoms with Crippen LogP contribution in [0.4, 0.5) is 0 Å². The number of imidazole rings is 1. The summed E-state index contributed by atoms with van der Waals surface area (Å²) in [5.41, 5.74) is 2.90. The van der Waals surface area contributed by atoms with Gasteiger partial charge in [-0.2, -0.15) is 0 Å². The van der Waals surface area contributed by atoms with Crippen LogP contribution in [-0.4, -0.2) is 15.0 Å². The van der Waals surface area contributed by atoms with Crippen LogP contribution in [0.3, 0.4) is 0 Å². The molecule has 0 aliphatic heterocycles. The Morgan fingerprint density at radius 3 is 2.40 bits per heavy atom. The summed E-state index contributed by atoms with van der Waals surface area (Å²) >= 11 is 0. The first kappa shape index (κ1) is 13.6. The fourth-order valence-electron chi connectivity index (χ4n) is 1.06. The van der Waals surface area contributed by atoms with Crippen LogP contribution in [0.1, 0.15) is 40.3 Å². The van der Waals surface area contributed by atoms with E-state index in [0.717, 1.165) is 23.3 Å². The summed E-state index contributed by atoms with van der Waals surface area (Å²) in [5.74, 6) is 0. The predicted molar refractivity (Wildman–Crippen MR) is 66.0 cm³/mol. The zero-order valence-corrected chi connectivity index (χ0v) is 10.3. The van der Waals surface area contributed by atoms with Gasteiger partial charge in [0.15, 0.2) is 5.65 Å². The highest BCUT2D eigenvalue weighted by Crippen LogP contribution is 2.06. The monoisotopic (exact) mass is 207 g/mol. The average Bonchev–Trinajstić information content (AvgIpc) is 2.81. The van der Waals surface area contributed by atoms with Crippen molar-refractivity contribution in [2.24, 2.45) is 0 Å².